The average molecular weight is 354 g/mol. The summed E-state index contributed by atoms with van der Waals surface area (Å²) in [7, 11) is 1.62. The molecule has 2 aromatic rings. The van der Waals surface area contributed by atoms with Crippen LogP contribution in [0.25, 0.3) is 0 Å². The van der Waals surface area contributed by atoms with Gasteiger partial charge in [0.05, 0.1) is 7.11 Å². The van der Waals surface area contributed by atoms with E-state index in [0.29, 0.717) is 13.1 Å². The first-order chi connectivity index (χ1) is 12.4. The Morgan fingerprint density at radius 3 is 2.19 bits per heavy atom. The van der Waals surface area contributed by atoms with Crippen LogP contribution in [-0.4, -0.2) is 25.5 Å². The molecule has 0 atom stereocenters. The second kappa shape index (κ2) is 9.04. The summed E-state index contributed by atoms with van der Waals surface area (Å²) in [6.45, 7) is 6.28. The van der Waals surface area contributed by atoms with Gasteiger partial charge in [0.1, 0.15) is 5.75 Å². The number of nitrogens with one attached hydrogen (secondary N) is 1. The Morgan fingerprint density at radius 2 is 1.65 bits per heavy atom. The number of carbonyl (C=O) groups is 2. The fourth-order valence-corrected chi connectivity index (χ4v) is 2.90. The van der Waals surface area contributed by atoms with Gasteiger partial charge in [0.2, 0.25) is 11.8 Å². The Morgan fingerprint density at radius 1 is 1.04 bits per heavy atom. The molecule has 0 saturated carbocycles. The molecule has 138 valence electrons. The lowest BCUT2D eigenvalue weighted by molar-refractivity contribution is -0.121. The van der Waals surface area contributed by atoms with Gasteiger partial charge in [0, 0.05) is 32.1 Å². The molecule has 0 aliphatic rings. The van der Waals surface area contributed by atoms with Gasteiger partial charge < -0.3 is 15.0 Å². The number of hydrogen-bond acceptors (Lipinski definition) is 3. The number of para-hydroxylation sites is 1. The maximum absolute atomic E-state index is 12.2. The minimum Gasteiger partial charge on any atom is -0.497 e. The van der Waals surface area contributed by atoms with Crippen LogP contribution in [0, 0.1) is 13.8 Å². The minimum atomic E-state index is -0.0849. The normalized spacial score (nSPS) is 10.3. The van der Waals surface area contributed by atoms with Crippen LogP contribution in [0.1, 0.15) is 30.0 Å². The van der Waals surface area contributed by atoms with Crippen molar-refractivity contribution >= 4 is 17.5 Å². The highest BCUT2D eigenvalue weighted by Crippen LogP contribution is 2.25. The zero-order valence-electron chi connectivity index (χ0n) is 15.8. The number of amides is 2. The molecule has 2 aromatic carbocycles. The number of carbonyl (C=O) groups excluding carboxylic acids is 2. The maximum Gasteiger partial charge on any atom is 0.223 e. The van der Waals surface area contributed by atoms with Crippen molar-refractivity contribution < 1.29 is 14.3 Å². The van der Waals surface area contributed by atoms with Crippen LogP contribution < -0.4 is 15.0 Å². The molecule has 5 heteroatoms. The molecule has 2 rings (SSSR count). The predicted octanol–water partition coefficient (Wildman–Crippen LogP) is 3.37. The van der Waals surface area contributed by atoms with Gasteiger partial charge >= 0.3 is 0 Å². The summed E-state index contributed by atoms with van der Waals surface area (Å²) < 4.78 is 5.12. The van der Waals surface area contributed by atoms with Crippen molar-refractivity contribution in [1.29, 1.82) is 0 Å². The van der Waals surface area contributed by atoms with E-state index in [4.69, 9.17) is 4.74 Å². The van der Waals surface area contributed by atoms with Gasteiger partial charge in [-0.3, -0.25) is 9.59 Å². The summed E-state index contributed by atoms with van der Waals surface area (Å²) in [5, 5.41) is 2.89. The van der Waals surface area contributed by atoms with Gasteiger partial charge in [0.25, 0.3) is 0 Å². The third-order valence-electron chi connectivity index (χ3n) is 4.30. The van der Waals surface area contributed by atoms with Crippen LogP contribution in [0.15, 0.2) is 42.5 Å². The van der Waals surface area contributed by atoms with Crippen LogP contribution in [-0.2, 0) is 16.1 Å². The monoisotopic (exact) mass is 354 g/mol. The van der Waals surface area contributed by atoms with Crippen molar-refractivity contribution in [3.05, 3.63) is 59.2 Å². The summed E-state index contributed by atoms with van der Waals surface area (Å²) in [6.07, 6.45) is 0.253. The van der Waals surface area contributed by atoms with Crippen LogP contribution in [0.4, 0.5) is 5.69 Å². The molecule has 26 heavy (non-hydrogen) atoms. The summed E-state index contributed by atoms with van der Waals surface area (Å²) in [5.74, 6) is 0.634. The lowest BCUT2D eigenvalue weighted by Gasteiger charge is -2.25. The molecule has 0 unspecified atom stereocenters. The number of hydrogen-bond donors (Lipinski definition) is 1. The van der Waals surface area contributed by atoms with Crippen molar-refractivity contribution in [2.45, 2.75) is 33.7 Å². The highest BCUT2D eigenvalue weighted by molar-refractivity contribution is 5.94. The molecule has 0 radical (unpaired) electrons. The van der Waals surface area contributed by atoms with Crippen LogP contribution >= 0.6 is 0 Å². The van der Waals surface area contributed by atoms with Crippen molar-refractivity contribution in [3.8, 4) is 5.75 Å². The number of nitrogens with zero attached hydrogens (tertiary/aromatic N) is 1. The van der Waals surface area contributed by atoms with Gasteiger partial charge in [-0.2, -0.15) is 0 Å². The van der Waals surface area contributed by atoms with E-state index in [2.05, 4.69) is 5.32 Å². The number of rotatable bonds is 7. The topological polar surface area (TPSA) is 58.6 Å². The van der Waals surface area contributed by atoms with Gasteiger partial charge in [-0.25, -0.2) is 0 Å². The summed E-state index contributed by atoms with van der Waals surface area (Å²) in [6, 6.07) is 13.5. The third-order valence-corrected chi connectivity index (χ3v) is 4.30. The van der Waals surface area contributed by atoms with Crippen LogP contribution in [0.3, 0.4) is 0 Å². The Hall–Kier alpha value is -2.82. The highest BCUT2D eigenvalue weighted by Gasteiger charge is 2.17. The van der Waals surface area contributed by atoms with Gasteiger partial charge in [-0.1, -0.05) is 30.3 Å². The van der Waals surface area contributed by atoms with Gasteiger partial charge in [-0.15, -0.1) is 0 Å². The van der Waals surface area contributed by atoms with E-state index in [1.54, 1.807) is 12.0 Å². The van der Waals surface area contributed by atoms with E-state index in [-0.39, 0.29) is 18.2 Å². The number of aryl methyl sites for hydroxylation is 2. The van der Waals surface area contributed by atoms with Gasteiger partial charge in [0.15, 0.2) is 0 Å². The zero-order chi connectivity index (χ0) is 19.1. The Balaban J connectivity index is 1.94. The maximum atomic E-state index is 12.2. The molecule has 5 nitrogen and oxygen atoms in total. The number of anilines is 1. The van der Waals surface area contributed by atoms with E-state index in [9.17, 15) is 9.59 Å². The number of ether oxygens (including phenoxy) is 1. The molecule has 0 aromatic heterocycles. The minimum absolute atomic E-state index is 0.0645. The molecule has 0 saturated heterocycles. The van der Waals surface area contributed by atoms with E-state index >= 15 is 0 Å². The third kappa shape index (κ3) is 5.09. The molecule has 0 aliphatic carbocycles. The average Bonchev–Trinajstić information content (AvgIpc) is 2.62. The molecule has 0 fully saturated rings. The van der Waals surface area contributed by atoms with Crippen LogP contribution in [0.2, 0.25) is 0 Å². The highest BCUT2D eigenvalue weighted by atomic mass is 16.5. The summed E-state index contributed by atoms with van der Waals surface area (Å²) >= 11 is 0. The molecule has 0 bridgehead atoms. The predicted molar refractivity (Wildman–Crippen MR) is 103 cm³/mol. The van der Waals surface area contributed by atoms with Crippen molar-refractivity contribution in [1.82, 2.24) is 5.32 Å². The fraction of sp³-hybridized carbons (Fsp3) is 0.333. The van der Waals surface area contributed by atoms with Crippen molar-refractivity contribution in [2.75, 3.05) is 18.6 Å². The first-order valence-corrected chi connectivity index (χ1v) is 8.66. The summed E-state index contributed by atoms with van der Waals surface area (Å²) in [5.41, 5.74) is 3.94. The SMILES string of the molecule is COc1ccc(CNC(=O)CCN(C(C)=O)c2c(C)cccc2C)cc1. The molecule has 0 heterocycles. The number of methoxy groups -OCH3 is 1. The second-order valence-electron chi connectivity index (χ2n) is 6.29. The summed E-state index contributed by atoms with van der Waals surface area (Å²) in [4.78, 5) is 26.0. The lowest BCUT2D eigenvalue weighted by atomic mass is 10.1. The second-order valence-corrected chi connectivity index (χ2v) is 6.29. The molecular weight excluding hydrogens is 328 g/mol. The first-order valence-electron chi connectivity index (χ1n) is 8.66. The van der Waals surface area contributed by atoms with E-state index in [0.717, 1.165) is 28.1 Å². The number of benzene rings is 2. The first kappa shape index (κ1) is 19.5. The van der Waals surface area contributed by atoms with E-state index in [1.165, 1.54) is 6.92 Å². The van der Waals surface area contributed by atoms with E-state index < -0.39 is 0 Å². The largest absolute Gasteiger partial charge is 0.497 e. The molecule has 1 N–H and O–H groups in total. The Bertz CT molecular complexity index is 749. The van der Waals surface area contributed by atoms with Gasteiger partial charge in [-0.05, 0) is 42.7 Å². The molecule has 2 amide bonds. The smallest absolute Gasteiger partial charge is 0.223 e. The molecular formula is C21H26N2O3. The quantitative estimate of drug-likeness (QED) is 0.829. The Kier molecular flexibility index (Phi) is 6.78. The van der Waals surface area contributed by atoms with E-state index in [1.807, 2.05) is 56.3 Å². The lowest BCUT2D eigenvalue weighted by Crippen LogP contribution is -2.34. The zero-order valence-corrected chi connectivity index (χ0v) is 15.8. The van der Waals surface area contributed by atoms with Crippen molar-refractivity contribution in [2.24, 2.45) is 0 Å². The fourth-order valence-electron chi connectivity index (χ4n) is 2.90. The Labute approximate surface area is 155 Å². The standard InChI is InChI=1S/C21H26N2O3/c1-15-6-5-7-16(2)21(15)23(17(3)24)13-12-20(25)22-14-18-8-10-19(26-4)11-9-18/h5-11H,12-14H2,1-4H3,(H,22,25). The van der Waals surface area contributed by atoms with Crippen LogP contribution in [0.5, 0.6) is 5.75 Å². The molecule has 0 aliphatic heterocycles. The van der Waals surface area contributed by atoms with Crippen molar-refractivity contribution in [3.63, 3.8) is 0 Å². The molecule has 0 spiro atoms.